The Morgan fingerprint density at radius 2 is 2.06 bits per heavy atom. The second-order valence-corrected chi connectivity index (χ2v) is 4.26. The fourth-order valence-electron chi connectivity index (χ4n) is 1.09. The topological polar surface area (TPSA) is 123 Å². The van der Waals surface area contributed by atoms with E-state index < -0.39 is 38.3 Å². The van der Waals surface area contributed by atoms with E-state index in [4.69, 9.17) is 16.1 Å². The van der Waals surface area contributed by atoms with E-state index in [1.54, 1.807) is 0 Å². The molecule has 0 saturated carbocycles. The molecule has 0 aromatic carbocycles. The second-order valence-electron chi connectivity index (χ2n) is 2.76. The number of nitriles is 1. The molecule has 16 heavy (non-hydrogen) atoms. The summed E-state index contributed by atoms with van der Waals surface area (Å²) < 4.78 is 47.0. The van der Waals surface area contributed by atoms with Crippen molar-refractivity contribution in [2.24, 2.45) is 5.14 Å². The first kappa shape index (κ1) is 12.3. The molecular weight excluding hydrogens is 242 g/mol. The number of pyridine rings is 1. The lowest BCUT2D eigenvalue weighted by molar-refractivity contribution is 0.150. The lowest BCUT2D eigenvalue weighted by Crippen LogP contribution is -2.18. The Hall–Kier alpha value is -1.79. The van der Waals surface area contributed by atoms with Crippen molar-refractivity contribution in [2.75, 3.05) is 5.73 Å². The number of primary sulfonamides is 1. The van der Waals surface area contributed by atoms with E-state index >= 15 is 0 Å². The molecule has 1 aromatic heterocycles. The number of hydrogen-bond acceptors (Lipinski definition) is 5. The fraction of sp³-hybridized carbons (Fsp3) is 0.143. The van der Waals surface area contributed by atoms with Crippen molar-refractivity contribution >= 4 is 15.8 Å². The zero-order valence-electron chi connectivity index (χ0n) is 7.68. The van der Waals surface area contributed by atoms with Crippen LogP contribution >= 0.6 is 0 Å². The van der Waals surface area contributed by atoms with Crippen LogP contribution in [-0.2, 0) is 10.0 Å². The van der Waals surface area contributed by atoms with E-state index in [-0.39, 0.29) is 0 Å². The van der Waals surface area contributed by atoms with E-state index in [9.17, 15) is 17.2 Å². The van der Waals surface area contributed by atoms with Gasteiger partial charge in [0, 0.05) is 6.20 Å². The van der Waals surface area contributed by atoms with E-state index in [1.165, 1.54) is 6.07 Å². The summed E-state index contributed by atoms with van der Waals surface area (Å²) in [4.78, 5) is 2.40. The maximum Gasteiger partial charge on any atom is 0.266 e. The summed E-state index contributed by atoms with van der Waals surface area (Å²) in [6.45, 7) is 0. The number of nitrogens with zero attached hydrogens (tertiary/aromatic N) is 2. The number of rotatable bonds is 2. The Balaban J connectivity index is 3.74. The molecule has 4 N–H and O–H groups in total. The van der Waals surface area contributed by atoms with Crippen LogP contribution in [0.15, 0.2) is 11.1 Å². The minimum Gasteiger partial charge on any atom is -0.383 e. The molecule has 0 unspecified atom stereocenters. The van der Waals surface area contributed by atoms with Gasteiger partial charge in [-0.05, 0) is 0 Å². The molecule has 0 aliphatic rings. The van der Waals surface area contributed by atoms with Gasteiger partial charge in [-0.15, -0.1) is 0 Å². The number of halogens is 2. The summed E-state index contributed by atoms with van der Waals surface area (Å²) in [6, 6.07) is 1.33. The number of nitrogens with two attached hydrogens (primary N) is 2. The zero-order chi connectivity index (χ0) is 12.5. The van der Waals surface area contributed by atoms with Crippen LogP contribution in [0.25, 0.3) is 0 Å². The first-order chi connectivity index (χ1) is 7.29. The third-order valence-corrected chi connectivity index (χ3v) is 2.70. The minimum atomic E-state index is -4.38. The summed E-state index contributed by atoms with van der Waals surface area (Å²) in [7, 11) is -4.38. The van der Waals surface area contributed by atoms with Gasteiger partial charge in [0.15, 0.2) is 0 Å². The van der Waals surface area contributed by atoms with Gasteiger partial charge in [-0.1, -0.05) is 0 Å². The van der Waals surface area contributed by atoms with Crippen molar-refractivity contribution < 1.29 is 17.2 Å². The molecule has 0 amide bonds. The molecule has 0 bridgehead atoms. The Morgan fingerprint density at radius 3 is 2.44 bits per heavy atom. The largest absolute Gasteiger partial charge is 0.383 e. The van der Waals surface area contributed by atoms with Gasteiger partial charge in [0.2, 0.25) is 10.0 Å². The summed E-state index contributed by atoms with van der Waals surface area (Å²) in [5.41, 5.74) is 3.59. The maximum absolute atomic E-state index is 12.4. The molecule has 0 saturated heterocycles. The van der Waals surface area contributed by atoms with Crippen LogP contribution in [-0.4, -0.2) is 13.4 Å². The van der Waals surface area contributed by atoms with Crippen molar-refractivity contribution in [3.05, 3.63) is 17.3 Å². The molecule has 0 radical (unpaired) electrons. The van der Waals surface area contributed by atoms with Gasteiger partial charge in [-0.25, -0.2) is 27.3 Å². The number of sulfonamides is 1. The van der Waals surface area contributed by atoms with Crippen molar-refractivity contribution in [2.45, 2.75) is 11.3 Å². The van der Waals surface area contributed by atoms with Gasteiger partial charge >= 0.3 is 0 Å². The first-order valence-electron chi connectivity index (χ1n) is 3.78. The lowest BCUT2D eigenvalue weighted by Gasteiger charge is -2.08. The van der Waals surface area contributed by atoms with Crippen LogP contribution < -0.4 is 10.9 Å². The molecular formula is C7H6F2N4O2S. The summed E-state index contributed by atoms with van der Waals surface area (Å²) in [5.74, 6) is -0.580. The summed E-state index contributed by atoms with van der Waals surface area (Å²) >= 11 is 0. The lowest BCUT2D eigenvalue weighted by atomic mass is 10.1. The Labute approximate surface area is 89.5 Å². The van der Waals surface area contributed by atoms with E-state index in [0.717, 1.165) is 0 Å². The molecule has 0 atom stereocenters. The van der Waals surface area contributed by atoms with Crippen molar-refractivity contribution in [1.29, 1.82) is 5.26 Å². The van der Waals surface area contributed by atoms with Crippen molar-refractivity contribution in [3.63, 3.8) is 0 Å². The first-order valence-corrected chi connectivity index (χ1v) is 5.33. The van der Waals surface area contributed by atoms with Crippen LogP contribution in [0, 0.1) is 11.3 Å². The minimum absolute atomic E-state index is 0.580. The molecule has 0 aliphatic heterocycles. The highest BCUT2D eigenvalue weighted by Gasteiger charge is 2.25. The molecule has 0 fully saturated rings. The number of nitrogen functional groups attached to an aromatic ring is 1. The van der Waals surface area contributed by atoms with Crippen molar-refractivity contribution in [3.8, 4) is 6.07 Å². The monoisotopic (exact) mass is 248 g/mol. The number of anilines is 1. The Bertz CT molecular complexity index is 564. The Kier molecular flexibility index (Phi) is 3.06. The van der Waals surface area contributed by atoms with Gasteiger partial charge in [-0.2, -0.15) is 5.26 Å². The molecule has 1 aromatic rings. The average molecular weight is 248 g/mol. The predicted octanol–water partition coefficient (Wildman–Crippen LogP) is 0.120. The molecule has 86 valence electrons. The van der Waals surface area contributed by atoms with Crippen LogP contribution in [0.1, 0.15) is 17.6 Å². The number of aromatic nitrogens is 1. The molecule has 6 nitrogen and oxygen atoms in total. The SMILES string of the molecule is N#Cc1c(C(F)F)cnc(N)c1S(N)(=O)=O. The van der Waals surface area contributed by atoms with Gasteiger partial charge in [0.1, 0.15) is 16.8 Å². The standard InChI is InChI=1S/C7H6F2N4O2S/c8-6(9)4-2-13-7(11)5(3(4)1-10)16(12,14)15/h2,6H,(H2,11,13)(H2,12,14,15). The van der Waals surface area contributed by atoms with Crippen LogP contribution in [0.4, 0.5) is 14.6 Å². The zero-order valence-corrected chi connectivity index (χ0v) is 8.50. The van der Waals surface area contributed by atoms with Crippen LogP contribution in [0.2, 0.25) is 0 Å². The number of alkyl halides is 2. The summed E-state index contributed by atoms with van der Waals surface area (Å²) in [6.07, 6.45) is -2.39. The molecule has 0 spiro atoms. The predicted molar refractivity (Wildman–Crippen MR) is 49.7 cm³/mol. The van der Waals surface area contributed by atoms with Crippen LogP contribution in [0.5, 0.6) is 0 Å². The summed E-state index contributed by atoms with van der Waals surface area (Å²) in [5, 5.41) is 13.4. The van der Waals surface area contributed by atoms with Gasteiger partial charge in [-0.3, -0.25) is 0 Å². The van der Waals surface area contributed by atoms with E-state index in [1.807, 2.05) is 0 Å². The highest BCUT2D eigenvalue weighted by molar-refractivity contribution is 7.89. The Morgan fingerprint density at radius 1 is 1.50 bits per heavy atom. The third-order valence-electron chi connectivity index (χ3n) is 1.72. The van der Waals surface area contributed by atoms with Crippen molar-refractivity contribution in [1.82, 2.24) is 4.98 Å². The molecule has 1 rings (SSSR count). The van der Waals surface area contributed by atoms with Gasteiger partial charge in [0.25, 0.3) is 6.43 Å². The fourth-order valence-corrected chi connectivity index (χ4v) is 1.88. The number of hydrogen-bond donors (Lipinski definition) is 2. The molecule has 1 heterocycles. The maximum atomic E-state index is 12.4. The van der Waals surface area contributed by atoms with E-state index in [2.05, 4.69) is 4.98 Å². The average Bonchev–Trinajstić information content (AvgIpc) is 2.14. The quantitative estimate of drug-likeness (QED) is 0.769. The second kappa shape index (κ2) is 3.99. The smallest absolute Gasteiger partial charge is 0.266 e. The normalized spacial score (nSPS) is 11.4. The van der Waals surface area contributed by atoms with Gasteiger partial charge < -0.3 is 5.73 Å². The van der Waals surface area contributed by atoms with Gasteiger partial charge in [0.05, 0.1) is 11.1 Å². The highest BCUT2D eigenvalue weighted by atomic mass is 32.2. The highest BCUT2D eigenvalue weighted by Crippen LogP contribution is 2.28. The van der Waals surface area contributed by atoms with Crippen LogP contribution in [0.3, 0.4) is 0 Å². The molecule has 0 aliphatic carbocycles. The third kappa shape index (κ3) is 2.07. The molecule has 9 heteroatoms. The van der Waals surface area contributed by atoms with E-state index in [0.29, 0.717) is 6.20 Å².